The van der Waals surface area contributed by atoms with Crippen molar-refractivity contribution in [2.75, 3.05) is 0 Å². The summed E-state index contributed by atoms with van der Waals surface area (Å²) in [6.07, 6.45) is -2.11. The average molecular weight is 263 g/mol. The second kappa shape index (κ2) is 5.14. The van der Waals surface area contributed by atoms with Gasteiger partial charge in [-0.2, -0.15) is 18.4 Å². The van der Waals surface area contributed by atoms with Gasteiger partial charge < -0.3 is 0 Å². The quantitative estimate of drug-likeness (QED) is 0.657. The van der Waals surface area contributed by atoms with Crippen molar-refractivity contribution in [3.63, 3.8) is 0 Å². The first-order valence-corrected chi connectivity index (χ1v) is 5.73. The van der Waals surface area contributed by atoms with Crippen LogP contribution in [0.25, 0.3) is 0 Å². The summed E-state index contributed by atoms with van der Waals surface area (Å²) < 4.78 is 51.1. The Bertz CT molecular complexity index is 512. The zero-order valence-electron chi connectivity index (χ0n) is 8.64. The molecule has 0 amide bonds. The molecule has 17 heavy (non-hydrogen) atoms. The normalized spacial score (nSPS) is 15.2. The Morgan fingerprint density at radius 1 is 1.53 bits per heavy atom. The molecule has 0 aromatic carbocycles. The van der Waals surface area contributed by atoms with E-state index in [0.29, 0.717) is 5.56 Å². The molecule has 2 atom stereocenters. The van der Waals surface area contributed by atoms with E-state index in [1.807, 2.05) is 0 Å². The molecular formula is C9H8F3N3OS. The molecule has 0 saturated carbocycles. The van der Waals surface area contributed by atoms with Crippen LogP contribution >= 0.6 is 0 Å². The fourth-order valence-electron chi connectivity index (χ4n) is 1.08. The van der Waals surface area contributed by atoms with Crippen molar-refractivity contribution in [3.05, 3.63) is 29.6 Å². The lowest BCUT2D eigenvalue weighted by Crippen LogP contribution is -2.08. The zero-order valence-corrected chi connectivity index (χ0v) is 9.53. The summed E-state index contributed by atoms with van der Waals surface area (Å²) in [6, 6.07) is 1.99. The van der Waals surface area contributed by atoms with E-state index in [1.54, 1.807) is 0 Å². The predicted molar refractivity (Wildman–Crippen MR) is 55.2 cm³/mol. The Labute approximate surface area is 97.3 Å². The van der Waals surface area contributed by atoms with E-state index in [9.17, 15) is 17.4 Å². The van der Waals surface area contributed by atoms with Gasteiger partial charge in [0.15, 0.2) is 0 Å². The third kappa shape index (κ3) is 3.42. The molecule has 4 nitrogen and oxygen atoms in total. The topological polar surface area (TPSA) is 66.1 Å². The van der Waals surface area contributed by atoms with Gasteiger partial charge in [0, 0.05) is 6.20 Å². The second-order valence-corrected chi connectivity index (χ2v) is 4.73. The zero-order chi connectivity index (χ0) is 13.1. The highest BCUT2D eigenvalue weighted by Crippen LogP contribution is 2.28. The number of aromatic nitrogens is 1. The van der Waals surface area contributed by atoms with Gasteiger partial charge in [0.25, 0.3) is 0 Å². The van der Waals surface area contributed by atoms with Crippen molar-refractivity contribution in [2.24, 2.45) is 4.36 Å². The van der Waals surface area contributed by atoms with Gasteiger partial charge >= 0.3 is 6.18 Å². The maximum atomic E-state index is 12.2. The molecule has 1 aromatic rings. The van der Waals surface area contributed by atoms with E-state index in [4.69, 9.17) is 5.26 Å². The highest BCUT2D eigenvalue weighted by atomic mass is 32.2. The summed E-state index contributed by atoms with van der Waals surface area (Å²) in [5.41, 5.74) is -0.668. The van der Waals surface area contributed by atoms with Crippen LogP contribution < -0.4 is 0 Å². The Morgan fingerprint density at radius 2 is 2.18 bits per heavy atom. The lowest BCUT2D eigenvalue weighted by Gasteiger charge is -2.08. The first-order valence-electron chi connectivity index (χ1n) is 4.45. The van der Waals surface area contributed by atoms with Crippen LogP contribution in [0.1, 0.15) is 23.4 Å². The van der Waals surface area contributed by atoms with E-state index in [1.165, 1.54) is 19.2 Å². The lowest BCUT2D eigenvalue weighted by atomic mass is 10.2. The summed E-state index contributed by atoms with van der Waals surface area (Å²) in [6.45, 7) is 1.50. The third-order valence-electron chi connectivity index (χ3n) is 2.03. The summed E-state index contributed by atoms with van der Waals surface area (Å²) in [4.78, 5) is 3.24. The molecule has 1 aromatic heterocycles. The predicted octanol–water partition coefficient (Wildman–Crippen LogP) is 2.31. The summed E-state index contributed by atoms with van der Waals surface area (Å²) in [5.74, 6) is 0. The van der Waals surface area contributed by atoms with Crippen LogP contribution in [0.3, 0.4) is 0 Å². The standard InChI is InChI=1S/C9H8F3N3OS/c1-6(17(16)15-5-13)7-2-3-8(14-4-7)9(10,11)12/h2-4,6,17H,1H3/t6-/m1/s1. The third-order valence-corrected chi connectivity index (χ3v) is 3.28. The average Bonchev–Trinajstić information content (AvgIpc) is 2.27. The molecule has 0 radical (unpaired) electrons. The largest absolute Gasteiger partial charge is 0.433 e. The first kappa shape index (κ1) is 13.4. The number of thiol groups is 1. The molecule has 0 aliphatic rings. The maximum Gasteiger partial charge on any atom is 0.433 e. The van der Waals surface area contributed by atoms with Crippen molar-refractivity contribution in [3.8, 4) is 6.19 Å². The molecule has 1 rings (SSSR count). The number of nitrogens with zero attached hydrogens (tertiary/aromatic N) is 3. The maximum absolute atomic E-state index is 12.2. The molecule has 8 heteroatoms. The highest BCUT2D eigenvalue weighted by molar-refractivity contribution is 7.75. The molecule has 0 aliphatic carbocycles. The van der Waals surface area contributed by atoms with Crippen molar-refractivity contribution < 1.29 is 17.4 Å². The Kier molecular flexibility index (Phi) is 4.07. The summed E-state index contributed by atoms with van der Waals surface area (Å²) in [7, 11) is -2.16. The molecule has 1 unspecified atom stereocenters. The monoisotopic (exact) mass is 263 g/mol. The van der Waals surface area contributed by atoms with E-state index < -0.39 is 27.7 Å². The highest BCUT2D eigenvalue weighted by Gasteiger charge is 2.32. The fraction of sp³-hybridized carbons (Fsp3) is 0.333. The SMILES string of the molecule is C[C@H](c1ccc(C(F)(F)F)nc1)/[SH](=O)=N/C#N. The summed E-state index contributed by atoms with van der Waals surface area (Å²) >= 11 is 0. The van der Waals surface area contributed by atoms with E-state index in [-0.39, 0.29) is 0 Å². The molecule has 0 saturated heterocycles. The van der Waals surface area contributed by atoms with Gasteiger partial charge in [0.05, 0.1) is 15.8 Å². The van der Waals surface area contributed by atoms with Crippen molar-refractivity contribution in [1.82, 2.24) is 4.98 Å². The van der Waals surface area contributed by atoms with Crippen LogP contribution in [-0.2, 0) is 16.8 Å². The second-order valence-electron chi connectivity index (χ2n) is 3.15. The summed E-state index contributed by atoms with van der Waals surface area (Å²) in [5, 5.41) is 7.58. The first-order chi connectivity index (χ1) is 7.86. The van der Waals surface area contributed by atoms with Crippen LogP contribution in [0.15, 0.2) is 22.7 Å². The Balaban J connectivity index is 3.01. The molecule has 1 heterocycles. The number of rotatable bonds is 2. The minimum Gasteiger partial charge on any atom is -0.251 e. The molecule has 0 spiro atoms. The molecular weight excluding hydrogens is 255 g/mol. The van der Waals surface area contributed by atoms with Crippen molar-refractivity contribution in [1.29, 1.82) is 5.26 Å². The van der Waals surface area contributed by atoms with Crippen LogP contribution in [0, 0.1) is 11.5 Å². The van der Waals surface area contributed by atoms with Crippen LogP contribution in [0.4, 0.5) is 13.2 Å². The Hall–Kier alpha value is -1.62. The van der Waals surface area contributed by atoms with Gasteiger partial charge in [0.1, 0.15) is 5.69 Å². The van der Waals surface area contributed by atoms with Gasteiger partial charge in [-0.15, -0.1) is 4.36 Å². The van der Waals surface area contributed by atoms with E-state index >= 15 is 0 Å². The van der Waals surface area contributed by atoms with Crippen LogP contribution in [0.5, 0.6) is 0 Å². The smallest absolute Gasteiger partial charge is 0.251 e. The van der Waals surface area contributed by atoms with Crippen molar-refractivity contribution in [2.45, 2.75) is 18.3 Å². The number of hydrogen-bond donors (Lipinski definition) is 1. The van der Waals surface area contributed by atoms with Crippen molar-refractivity contribution >= 4 is 10.6 Å². The van der Waals surface area contributed by atoms with Gasteiger partial charge in [-0.05, 0) is 18.6 Å². The number of alkyl halides is 3. The van der Waals surface area contributed by atoms with Gasteiger partial charge in [-0.3, -0.25) is 9.19 Å². The van der Waals surface area contributed by atoms with E-state index in [2.05, 4.69) is 9.35 Å². The lowest BCUT2D eigenvalue weighted by molar-refractivity contribution is -0.141. The van der Waals surface area contributed by atoms with Crippen LogP contribution in [-0.4, -0.2) is 9.19 Å². The number of halogens is 3. The van der Waals surface area contributed by atoms with E-state index in [0.717, 1.165) is 12.3 Å². The Morgan fingerprint density at radius 3 is 2.59 bits per heavy atom. The fourth-order valence-corrected chi connectivity index (χ4v) is 1.75. The molecule has 0 aliphatic heterocycles. The molecule has 92 valence electrons. The van der Waals surface area contributed by atoms with Gasteiger partial charge in [0.2, 0.25) is 6.19 Å². The molecule has 0 bridgehead atoms. The molecule has 0 N–H and O–H groups in total. The number of nitriles is 1. The van der Waals surface area contributed by atoms with Crippen LogP contribution in [0.2, 0.25) is 0 Å². The minimum atomic E-state index is -4.50. The van der Waals surface area contributed by atoms with Gasteiger partial charge in [-0.1, -0.05) is 6.07 Å². The molecule has 0 fully saturated rings. The minimum absolute atomic E-state index is 0.345. The van der Waals surface area contributed by atoms with Gasteiger partial charge in [-0.25, -0.2) is 0 Å². The number of pyridine rings is 1. The number of hydrogen-bond acceptors (Lipinski definition) is 4.